The first-order chi connectivity index (χ1) is 31.4. The van der Waals surface area contributed by atoms with Crippen LogP contribution >= 0.6 is 0 Å². The van der Waals surface area contributed by atoms with E-state index in [1.807, 2.05) is 0 Å². The third kappa shape index (κ3) is 35.0. The Bertz CT molecular complexity index is 1450. The molecule has 0 aliphatic carbocycles. The van der Waals surface area contributed by atoms with E-state index in [0.29, 0.717) is 6.42 Å². The van der Waals surface area contributed by atoms with Crippen molar-refractivity contribution in [2.24, 2.45) is 0 Å². The molecule has 0 spiro atoms. The summed E-state index contributed by atoms with van der Waals surface area (Å²) in [6.45, 7) is 1.40. The van der Waals surface area contributed by atoms with Crippen molar-refractivity contribution in [2.45, 2.75) is 128 Å². The van der Waals surface area contributed by atoms with Crippen molar-refractivity contribution in [1.29, 1.82) is 0 Å². The Morgan fingerprint density at radius 3 is 1.34 bits per heavy atom. The molecule has 0 radical (unpaired) electrons. The van der Waals surface area contributed by atoms with Crippen molar-refractivity contribution < 1.29 is 72.3 Å². The Morgan fingerprint density at radius 2 is 0.862 bits per heavy atom. The summed E-state index contributed by atoms with van der Waals surface area (Å²) >= 11 is 0. The Labute approximate surface area is 382 Å². The maximum absolute atomic E-state index is 12.3. The van der Waals surface area contributed by atoms with Gasteiger partial charge in [0, 0.05) is 70.6 Å². The molecule has 1 heterocycles. The standard InChI is InChI=1S/C44H74N6O15/c51-36(18-17-35(44(60)61)49-38(53)15-13-11-9-7-5-3-1-2-4-6-8-10-12-14-16-43(58)59)47-24-27-62-29-32-65-34-40(55)48-25-28-63-30-31-64-33-39(54)46-23-22-45-37(52)21-26-50-41(56)19-20-42(50)57/h19-20,35H,1-18,21-34H2,(H,45,52)(H,46,54)(H,47,51)(H,48,55)(H,49,53)(H,58,59)(H,60,61). The molecule has 0 bridgehead atoms. The number of hydrogen-bond acceptors (Lipinski definition) is 13. The quantitative estimate of drug-likeness (QED) is 0.0337. The molecule has 21 heteroatoms. The van der Waals surface area contributed by atoms with Crippen LogP contribution in [0.25, 0.3) is 0 Å². The molecule has 1 aliphatic rings. The van der Waals surface area contributed by atoms with E-state index in [-0.39, 0.29) is 147 Å². The van der Waals surface area contributed by atoms with Gasteiger partial charge in [0.1, 0.15) is 19.3 Å². The lowest BCUT2D eigenvalue weighted by Gasteiger charge is -2.14. The molecular formula is C44H74N6O15. The van der Waals surface area contributed by atoms with Gasteiger partial charge in [0.2, 0.25) is 29.5 Å². The van der Waals surface area contributed by atoms with E-state index in [2.05, 4.69) is 26.6 Å². The fraction of sp³-hybridized carbons (Fsp3) is 0.750. The third-order valence-electron chi connectivity index (χ3n) is 9.92. The number of unbranched alkanes of at least 4 members (excludes halogenated alkanes) is 13. The van der Waals surface area contributed by atoms with E-state index < -0.39 is 29.8 Å². The SMILES string of the molecule is O=C(O)CCCCCCCCCCCCCCCCC(=O)NC(CCC(=O)NCCOCCOCC(=O)NCCOCCOCC(=O)NCCNC(=O)CCN1C(=O)C=CC1=O)C(=O)O. The van der Waals surface area contributed by atoms with Crippen LogP contribution < -0.4 is 26.6 Å². The lowest BCUT2D eigenvalue weighted by Crippen LogP contribution is -2.41. The van der Waals surface area contributed by atoms with Crippen LogP contribution in [0.15, 0.2) is 12.2 Å². The molecule has 0 aromatic heterocycles. The number of rotatable bonds is 44. The average Bonchev–Trinajstić information content (AvgIpc) is 3.59. The van der Waals surface area contributed by atoms with E-state index in [9.17, 15) is 48.3 Å². The molecule has 7 amide bonds. The van der Waals surface area contributed by atoms with Gasteiger partial charge in [-0.1, -0.05) is 77.0 Å². The van der Waals surface area contributed by atoms with E-state index in [0.717, 1.165) is 62.0 Å². The van der Waals surface area contributed by atoms with Crippen LogP contribution in [0.4, 0.5) is 0 Å². The summed E-state index contributed by atoms with van der Waals surface area (Å²) in [5.74, 6) is -4.63. The molecule has 0 aromatic rings. The fourth-order valence-electron chi connectivity index (χ4n) is 6.32. The normalized spacial score (nSPS) is 12.5. The number of carboxylic acids is 2. The molecule has 0 fully saturated rings. The largest absolute Gasteiger partial charge is 0.481 e. The van der Waals surface area contributed by atoms with Gasteiger partial charge in [0.05, 0.1) is 39.6 Å². The van der Waals surface area contributed by atoms with Crippen LogP contribution in [0.3, 0.4) is 0 Å². The van der Waals surface area contributed by atoms with Crippen LogP contribution in [0.5, 0.6) is 0 Å². The maximum Gasteiger partial charge on any atom is 0.326 e. The minimum Gasteiger partial charge on any atom is -0.481 e. The van der Waals surface area contributed by atoms with Gasteiger partial charge in [-0.25, -0.2) is 4.79 Å². The van der Waals surface area contributed by atoms with Crippen molar-refractivity contribution in [3.05, 3.63) is 12.2 Å². The van der Waals surface area contributed by atoms with Gasteiger partial charge >= 0.3 is 11.9 Å². The fourth-order valence-corrected chi connectivity index (χ4v) is 6.32. The maximum atomic E-state index is 12.3. The highest BCUT2D eigenvalue weighted by atomic mass is 16.5. The minimum atomic E-state index is -1.19. The van der Waals surface area contributed by atoms with Gasteiger partial charge in [0.25, 0.3) is 11.8 Å². The van der Waals surface area contributed by atoms with E-state index in [1.165, 1.54) is 38.5 Å². The molecule has 1 atom stereocenters. The number of hydrogen-bond donors (Lipinski definition) is 7. The summed E-state index contributed by atoms with van der Waals surface area (Å²) in [5, 5.41) is 31.1. The highest BCUT2D eigenvalue weighted by Crippen LogP contribution is 2.14. The lowest BCUT2D eigenvalue weighted by atomic mass is 10.0. The zero-order chi connectivity index (χ0) is 47.8. The van der Waals surface area contributed by atoms with Crippen LogP contribution in [0.1, 0.15) is 122 Å². The third-order valence-corrected chi connectivity index (χ3v) is 9.92. The zero-order valence-electron chi connectivity index (χ0n) is 38.0. The highest BCUT2D eigenvalue weighted by molar-refractivity contribution is 6.13. The van der Waals surface area contributed by atoms with Crippen molar-refractivity contribution >= 4 is 53.3 Å². The Balaban J connectivity index is 1.89. The Morgan fingerprint density at radius 1 is 0.462 bits per heavy atom. The second-order valence-electron chi connectivity index (χ2n) is 15.5. The Hall–Kier alpha value is -4.99. The second-order valence-corrected chi connectivity index (χ2v) is 15.5. The number of carboxylic acid groups (broad SMARTS) is 2. The highest BCUT2D eigenvalue weighted by Gasteiger charge is 2.24. The summed E-state index contributed by atoms with van der Waals surface area (Å²) in [6.07, 6.45) is 17.6. The van der Waals surface area contributed by atoms with Crippen molar-refractivity contribution in [3.63, 3.8) is 0 Å². The molecule has 65 heavy (non-hydrogen) atoms. The van der Waals surface area contributed by atoms with Gasteiger partial charge in [-0.2, -0.15) is 0 Å². The van der Waals surface area contributed by atoms with E-state index in [1.54, 1.807) is 0 Å². The number of ether oxygens (including phenoxy) is 4. The summed E-state index contributed by atoms with van der Waals surface area (Å²) in [7, 11) is 0. The zero-order valence-corrected chi connectivity index (χ0v) is 38.0. The van der Waals surface area contributed by atoms with Gasteiger partial charge in [0.15, 0.2) is 0 Å². The average molecular weight is 927 g/mol. The van der Waals surface area contributed by atoms with Gasteiger partial charge in [-0.05, 0) is 19.3 Å². The summed E-state index contributed by atoms with van der Waals surface area (Å²) in [4.78, 5) is 106. The van der Waals surface area contributed by atoms with E-state index in [4.69, 9.17) is 24.1 Å². The second kappa shape index (κ2) is 39.4. The first-order valence-electron chi connectivity index (χ1n) is 23.0. The molecule has 1 unspecified atom stereocenters. The molecule has 0 aromatic carbocycles. The predicted octanol–water partition coefficient (Wildman–Crippen LogP) is 1.51. The van der Waals surface area contributed by atoms with Crippen LogP contribution in [0.2, 0.25) is 0 Å². The minimum absolute atomic E-state index is 0.0214. The monoisotopic (exact) mass is 927 g/mol. The molecule has 21 nitrogen and oxygen atoms in total. The summed E-state index contributed by atoms with van der Waals surface area (Å²) in [6, 6.07) is -1.15. The van der Waals surface area contributed by atoms with Crippen LogP contribution in [-0.2, 0) is 62.1 Å². The first kappa shape index (κ1) is 58.0. The molecular weight excluding hydrogens is 853 g/mol. The molecule has 1 rings (SSSR count). The molecule has 0 saturated heterocycles. The van der Waals surface area contributed by atoms with Crippen LogP contribution in [0, 0.1) is 0 Å². The van der Waals surface area contributed by atoms with Crippen molar-refractivity contribution in [1.82, 2.24) is 31.5 Å². The molecule has 0 saturated carbocycles. The number of amides is 7. The first-order valence-corrected chi connectivity index (χ1v) is 23.0. The predicted molar refractivity (Wildman–Crippen MR) is 236 cm³/mol. The van der Waals surface area contributed by atoms with Crippen molar-refractivity contribution in [3.8, 4) is 0 Å². The van der Waals surface area contributed by atoms with Crippen molar-refractivity contribution in [2.75, 3.05) is 85.6 Å². The number of nitrogens with zero attached hydrogens (tertiary/aromatic N) is 1. The van der Waals surface area contributed by atoms with Gasteiger partial charge in [-0.15, -0.1) is 0 Å². The number of nitrogens with one attached hydrogen (secondary N) is 5. The number of carbonyl (C=O) groups is 9. The lowest BCUT2D eigenvalue weighted by molar-refractivity contribution is -0.142. The van der Waals surface area contributed by atoms with Gasteiger partial charge < -0.3 is 55.7 Å². The summed E-state index contributed by atoms with van der Waals surface area (Å²) < 4.78 is 21.2. The molecule has 370 valence electrons. The van der Waals surface area contributed by atoms with E-state index >= 15 is 0 Å². The smallest absolute Gasteiger partial charge is 0.326 e. The number of aliphatic carboxylic acids is 2. The van der Waals surface area contributed by atoms with Crippen LogP contribution in [-0.4, -0.2) is 160 Å². The number of imide groups is 1. The summed E-state index contributed by atoms with van der Waals surface area (Å²) in [5.41, 5.74) is 0. The topological polar surface area (TPSA) is 294 Å². The molecule has 7 N–H and O–H groups in total. The van der Waals surface area contributed by atoms with Gasteiger partial charge in [-0.3, -0.25) is 43.3 Å². The molecule has 1 aliphatic heterocycles. The number of carbonyl (C=O) groups excluding carboxylic acids is 7. The Kier molecular flexibility index (Phi) is 35.2.